The summed E-state index contributed by atoms with van der Waals surface area (Å²) in [7, 11) is 0. The molecule has 1 aliphatic heterocycles. The van der Waals surface area contributed by atoms with Crippen LogP contribution in [0.4, 0.5) is 5.69 Å². The highest BCUT2D eigenvalue weighted by atomic mass is 16.5. The summed E-state index contributed by atoms with van der Waals surface area (Å²) in [5.41, 5.74) is 0.995. The Morgan fingerprint density at radius 1 is 1.28 bits per heavy atom. The average molecular weight is 343 g/mol. The first-order valence-corrected chi connectivity index (χ1v) is 8.28. The summed E-state index contributed by atoms with van der Waals surface area (Å²) in [6.07, 6.45) is 2.15. The van der Waals surface area contributed by atoms with Gasteiger partial charge in [-0.1, -0.05) is 6.42 Å². The number of amides is 2. The van der Waals surface area contributed by atoms with Crippen LogP contribution in [0.1, 0.15) is 38.2 Å². The highest BCUT2D eigenvalue weighted by molar-refractivity contribution is 5.95. The molecule has 2 amide bonds. The van der Waals surface area contributed by atoms with Gasteiger partial charge in [-0.25, -0.2) is 0 Å². The molecule has 0 saturated carbocycles. The minimum atomic E-state index is -0.981. The van der Waals surface area contributed by atoms with Gasteiger partial charge in [0, 0.05) is 18.7 Å². The largest absolute Gasteiger partial charge is 0.451 e. The van der Waals surface area contributed by atoms with Gasteiger partial charge in [0.05, 0.1) is 11.6 Å². The average Bonchev–Trinajstić information content (AvgIpc) is 2.80. The van der Waals surface area contributed by atoms with Crippen LogP contribution in [0, 0.1) is 11.3 Å². The van der Waals surface area contributed by atoms with Gasteiger partial charge >= 0.3 is 5.97 Å². The van der Waals surface area contributed by atoms with E-state index in [4.69, 9.17) is 10.00 Å². The molecule has 0 bridgehead atoms. The number of rotatable bonds is 5. The molecule has 1 heterocycles. The third-order valence-corrected chi connectivity index (χ3v) is 3.95. The van der Waals surface area contributed by atoms with Crippen molar-refractivity contribution < 1.29 is 19.1 Å². The number of hydrogen-bond donors (Lipinski definition) is 1. The van der Waals surface area contributed by atoms with Crippen LogP contribution in [-0.4, -0.2) is 41.9 Å². The molecule has 0 unspecified atom stereocenters. The van der Waals surface area contributed by atoms with E-state index in [0.29, 0.717) is 24.2 Å². The molecule has 1 atom stereocenters. The quantitative estimate of drug-likeness (QED) is 0.822. The fourth-order valence-corrected chi connectivity index (χ4v) is 2.52. The van der Waals surface area contributed by atoms with Gasteiger partial charge in [0.25, 0.3) is 5.91 Å². The second-order valence-electron chi connectivity index (χ2n) is 5.94. The van der Waals surface area contributed by atoms with Crippen molar-refractivity contribution in [2.24, 2.45) is 0 Å². The minimum absolute atomic E-state index is 0.0517. The summed E-state index contributed by atoms with van der Waals surface area (Å²) in [6.45, 7) is 1.88. The number of hydrogen-bond acceptors (Lipinski definition) is 5. The zero-order valence-electron chi connectivity index (χ0n) is 14.2. The molecule has 0 spiro atoms. The second kappa shape index (κ2) is 8.83. The van der Waals surface area contributed by atoms with Gasteiger partial charge in [-0.15, -0.1) is 0 Å². The van der Waals surface area contributed by atoms with Crippen molar-refractivity contribution in [3.8, 4) is 6.07 Å². The van der Waals surface area contributed by atoms with Gasteiger partial charge in [-0.05, 0) is 44.0 Å². The smallest absolute Gasteiger partial charge is 0.326 e. The van der Waals surface area contributed by atoms with Crippen molar-refractivity contribution in [2.45, 2.75) is 38.7 Å². The molecule has 0 aromatic heterocycles. The fraction of sp³-hybridized carbons (Fsp3) is 0.444. The molecule has 1 aromatic rings. The maximum Gasteiger partial charge on any atom is 0.326 e. The van der Waals surface area contributed by atoms with Crippen LogP contribution >= 0.6 is 0 Å². The van der Waals surface area contributed by atoms with Gasteiger partial charge in [-0.3, -0.25) is 14.4 Å². The van der Waals surface area contributed by atoms with Crippen LogP contribution in [0.15, 0.2) is 24.3 Å². The van der Waals surface area contributed by atoms with Gasteiger partial charge in [0.2, 0.25) is 5.91 Å². The third kappa shape index (κ3) is 5.60. The SMILES string of the molecule is C[C@H](OC(=O)CN1CCCCCC1=O)C(=O)Nc1ccc(C#N)cc1. The highest BCUT2D eigenvalue weighted by Gasteiger charge is 2.23. The van der Waals surface area contributed by atoms with Crippen LogP contribution in [0.25, 0.3) is 0 Å². The molecular formula is C18H21N3O4. The summed E-state index contributed by atoms with van der Waals surface area (Å²) in [5, 5.41) is 11.4. The molecule has 1 N–H and O–H groups in total. The maximum absolute atomic E-state index is 12.1. The highest BCUT2D eigenvalue weighted by Crippen LogP contribution is 2.12. The van der Waals surface area contributed by atoms with E-state index in [0.717, 1.165) is 19.3 Å². The molecular weight excluding hydrogens is 322 g/mol. The van der Waals surface area contributed by atoms with Crippen molar-refractivity contribution in [3.05, 3.63) is 29.8 Å². The second-order valence-corrected chi connectivity index (χ2v) is 5.94. The molecule has 1 fully saturated rings. The Morgan fingerprint density at radius 2 is 2.00 bits per heavy atom. The summed E-state index contributed by atoms with van der Waals surface area (Å²) in [5.74, 6) is -1.12. The van der Waals surface area contributed by atoms with Gasteiger partial charge in [0.15, 0.2) is 6.10 Å². The van der Waals surface area contributed by atoms with E-state index in [-0.39, 0.29) is 12.5 Å². The molecule has 0 aliphatic carbocycles. The zero-order chi connectivity index (χ0) is 18.2. The van der Waals surface area contributed by atoms with Gasteiger partial charge < -0.3 is 15.0 Å². The third-order valence-electron chi connectivity index (χ3n) is 3.95. The van der Waals surface area contributed by atoms with E-state index in [1.165, 1.54) is 11.8 Å². The first kappa shape index (κ1) is 18.5. The molecule has 1 saturated heterocycles. The van der Waals surface area contributed by atoms with Gasteiger partial charge in [-0.2, -0.15) is 5.26 Å². The minimum Gasteiger partial charge on any atom is -0.451 e. The lowest BCUT2D eigenvalue weighted by Crippen LogP contribution is -2.38. The van der Waals surface area contributed by atoms with Crippen molar-refractivity contribution in [1.82, 2.24) is 4.90 Å². The number of nitrogens with one attached hydrogen (secondary N) is 1. The van der Waals surface area contributed by atoms with Crippen molar-refractivity contribution in [2.75, 3.05) is 18.4 Å². The molecule has 7 heteroatoms. The normalized spacial score (nSPS) is 15.7. The molecule has 0 radical (unpaired) electrons. The van der Waals surface area contributed by atoms with Crippen LogP contribution in [0.3, 0.4) is 0 Å². The lowest BCUT2D eigenvalue weighted by atomic mass is 10.2. The Kier molecular flexibility index (Phi) is 6.52. The molecule has 25 heavy (non-hydrogen) atoms. The van der Waals surface area contributed by atoms with Crippen molar-refractivity contribution >= 4 is 23.5 Å². The predicted molar refractivity (Wildman–Crippen MR) is 90.4 cm³/mol. The number of carbonyl (C=O) groups excluding carboxylic acids is 3. The van der Waals surface area contributed by atoms with Gasteiger partial charge in [0.1, 0.15) is 6.54 Å². The van der Waals surface area contributed by atoms with E-state index in [1.54, 1.807) is 24.3 Å². The maximum atomic E-state index is 12.1. The summed E-state index contributed by atoms with van der Waals surface area (Å²) >= 11 is 0. The first-order valence-electron chi connectivity index (χ1n) is 8.28. The number of benzene rings is 1. The van der Waals surface area contributed by atoms with Crippen LogP contribution < -0.4 is 5.32 Å². The summed E-state index contributed by atoms with van der Waals surface area (Å²) in [4.78, 5) is 37.4. The van der Waals surface area contributed by atoms with Crippen LogP contribution in [0.5, 0.6) is 0 Å². The molecule has 2 rings (SSSR count). The number of anilines is 1. The number of nitrogens with zero attached hydrogens (tertiary/aromatic N) is 2. The van der Waals surface area contributed by atoms with E-state index in [1.807, 2.05) is 6.07 Å². The Labute approximate surface area is 146 Å². The van der Waals surface area contributed by atoms with E-state index < -0.39 is 18.0 Å². The summed E-state index contributed by atoms with van der Waals surface area (Å²) in [6, 6.07) is 8.35. The number of nitriles is 1. The van der Waals surface area contributed by atoms with E-state index in [2.05, 4.69) is 5.32 Å². The van der Waals surface area contributed by atoms with E-state index in [9.17, 15) is 14.4 Å². The Hall–Kier alpha value is -2.88. The Bertz CT molecular complexity index is 679. The predicted octanol–water partition coefficient (Wildman–Crippen LogP) is 1.83. The molecule has 1 aromatic carbocycles. The Morgan fingerprint density at radius 3 is 2.68 bits per heavy atom. The first-order chi connectivity index (χ1) is 12.0. The standard InChI is InChI=1S/C18H21N3O4/c1-13(18(24)20-15-8-6-14(11-19)7-9-15)25-17(23)12-21-10-4-2-3-5-16(21)22/h6-9,13H,2-5,10,12H2,1H3,(H,20,24)/t13-/m0/s1. The van der Waals surface area contributed by atoms with Crippen LogP contribution in [-0.2, 0) is 19.1 Å². The van der Waals surface area contributed by atoms with E-state index >= 15 is 0 Å². The number of carbonyl (C=O) groups is 3. The topological polar surface area (TPSA) is 99.5 Å². The van der Waals surface area contributed by atoms with Crippen molar-refractivity contribution in [1.29, 1.82) is 5.26 Å². The monoisotopic (exact) mass is 343 g/mol. The van der Waals surface area contributed by atoms with Crippen molar-refractivity contribution in [3.63, 3.8) is 0 Å². The summed E-state index contributed by atoms with van der Waals surface area (Å²) < 4.78 is 5.12. The Balaban J connectivity index is 1.83. The number of esters is 1. The van der Waals surface area contributed by atoms with Crippen LogP contribution in [0.2, 0.25) is 0 Å². The lowest BCUT2D eigenvalue weighted by molar-refractivity contribution is -0.156. The fourth-order valence-electron chi connectivity index (χ4n) is 2.52. The zero-order valence-corrected chi connectivity index (χ0v) is 14.2. The molecule has 1 aliphatic rings. The number of likely N-dealkylation sites (tertiary alicyclic amines) is 1. The lowest BCUT2D eigenvalue weighted by Gasteiger charge is -2.20. The molecule has 7 nitrogen and oxygen atoms in total. The molecule has 132 valence electrons. The number of ether oxygens (including phenoxy) is 1.